The molecule has 1 atom stereocenters. The molecule has 7 heteroatoms. The lowest BCUT2D eigenvalue weighted by Gasteiger charge is -2.18. The van der Waals surface area contributed by atoms with Gasteiger partial charge in [0.1, 0.15) is 11.5 Å². The molecule has 3 rings (SSSR count). The minimum Gasteiger partial charge on any atom is -0.495 e. The zero-order valence-corrected chi connectivity index (χ0v) is 16.2. The van der Waals surface area contributed by atoms with Crippen molar-refractivity contribution in [1.29, 1.82) is 0 Å². The van der Waals surface area contributed by atoms with Gasteiger partial charge in [0.05, 0.1) is 30.8 Å². The van der Waals surface area contributed by atoms with Gasteiger partial charge >= 0.3 is 0 Å². The van der Waals surface area contributed by atoms with E-state index in [4.69, 9.17) is 21.1 Å². The smallest absolute Gasteiger partial charge is 0.229 e. The van der Waals surface area contributed by atoms with E-state index >= 15 is 0 Å². The van der Waals surface area contributed by atoms with E-state index in [-0.39, 0.29) is 18.2 Å². The highest BCUT2D eigenvalue weighted by Gasteiger charge is 2.35. The molecule has 142 valence electrons. The van der Waals surface area contributed by atoms with Crippen LogP contribution in [0.15, 0.2) is 36.4 Å². The number of nitrogens with one attached hydrogen (secondary N) is 1. The van der Waals surface area contributed by atoms with Gasteiger partial charge in [0.2, 0.25) is 11.8 Å². The van der Waals surface area contributed by atoms with Gasteiger partial charge in [-0.3, -0.25) is 9.59 Å². The third-order valence-electron chi connectivity index (χ3n) is 4.56. The number of anilines is 2. The fourth-order valence-electron chi connectivity index (χ4n) is 3.11. The highest BCUT2D eigenvalue weighted by Crippen LogP contribution is 2.33. The number of nitrogens with zero attached hydrogens (tertiary/aromatic N) is 1. The molecule has 0 aliphatic carbocycles. The van der Waals surface area contributed by atoms with Gasteiger partial charge in [-0.25, -0.2) is 0 Å². The number of hydrogen-bond donors (Lipinski definition) is 1. The molecule has 1 fully saturated rings. The summed E-state index contributed by atoms with van der Waals surface area (Å²) in [4.78, 5) is 26.7. The number of halogens is 1. The monoisotopic (exact) mass is 388 g/mol. The van der Waals surface area contributed by atoms with Crippen molar-refractivity contribution in [3.8, 4) is 11.5 Å². The van der Waals surface area contributed by atoms with Crippen molar-refractivity contribution in [1.82, 2.24) is 0 Å². The van der Waals surface area contributed by atoms with Gasteiger partial charge in [-0.1, -0.05) is 17.7 Å². The van der Waals surface area contributed by atoms with Crippen molar-refractivity contribution in [3.05, 3.63) is 47.0 Å². The molecule has 2 amide bonds. The molecule has 1 aliphatic heterocycles. The summed E-state index contributed by atoms with van der Waals surface area (Å²) < 4.78 is 10.4. The van der Waals surface area contributed by atoms with E-state index in [1.807, 2.05) is 19.1 Å². The Hall–Kier alpha value is -2.73. The van der Waals surface area contributed by atoms with Crippen molar-refractivity contribution >= 4 is 34.8 Å². The van der Waals surface area contributed by atoms with Crippen LogP contribution in [0.1, 0.15) is 12.0 Å². The number of rotatable bonds is 5. The molecule has 0 spiro atoms. The van der Waals surface area contributed by atoms with Crippen LogP contribution < -0.4 is 19.7 Å². The van der Waals surface area contributed by atoms with Gasteiger partial charge in [0.15, 0.2) is 0 Å². The third kappa shape index (κ3) is 4.01. The molecule has 0 radical (unpaired) electrons. The second kappa shape index (κ2) is 7.88. The Morgan fingerprint density at radius 2 is 1.85 bits per heavy atom. The highest BCUT2D eigenvalue weighted by atomic mass is 35.5. The molecular formula is C20H21ClN2O4. The van der Waals surface area contributed by atoms with E-state index < -0.39 is 5.92 Å². The maximum Gasteiger partial charge on any atom is 0.229 e. The number of hydrogen-bond acceptors (Lipinski definition) is 4. The van der Waals surface area contributed by atoms with Crippen molar-refractivity contribution in [2.45, 2.75) is 13.3 Å². The summed E-state index contributed by atoms with van der Waals surface area (Å²) in [5.74, 6) is 0.329. The first-order chi connectivity index (χ1) is 12.9. The molecular weight excluding hydrogens is 368 g/mol. The van der Waals surface area contributed by atoms with E-state index in [0.29, 0.717) is 34.4 Å². The number of ether oxygens (including phenoxy) is 2. The van der Waals surface area contributed by atoms with Crippen LogP contribution in [0.3, 0.4) is 0 Å². The number of carbonyl (C=O) groups excluding carboxylic acids is 2. The number of aryl methyl sites for hydroxylation is 1. The Balaban J connectivity index is 1.74. The molecule has 0 aromatic heterocycles. The molecule has 6 nitrogen and oxygen atoms in total. The molecule has 1 N–H and O–H groups in total. The average Bonchev–Trinajstić information content (AvgIpc) is 3.04. The van der Waals surface area contributed by atoms with E-state index in [9.17, 15) is 9.59 Å². The topological polar surface area (TPSA) is 67.9 Å². The first-order valence-electron chi connectivity index (χ1n) is 8.52. The lowest BCUT2D eigenvalue weighted by molar-refractivity contribution is -0.122. The molecule has 1 unspecified atom stereocenters. The van der Waals surface area contributed by atoms with Crippen molar-refractivity contribution in [2.24, 2.45) is 5.92 Å². The predicted molar refractivity (Wildman–Crippen MR) is 105 cm³/mol. The summed E-state index contributed by atoms with van der Waals surface area (Å²) in [6, 6.07) is 10.7. The van der Waals surface area contributed by atoms with Crippen molar-refractivity contribution in [3.63, 3.8) is 0 Å². The van der Waals surface area contributed by atoms with E-state index in [1.54, 1.807) is 36.3 Å². The van der Waals surface area contributed by atoms with Gasteiger partial charge in [0.25, 0.3) is 0 Å². The van der Waals surface area contributed by atoms with Crippen molar-refractivity contribution in [2.75, 3.05) is 31.0 Å². The minimum absolute atomic E-state index is 0.118. The molecule has 0 saturated carbocycles. The second-order valence-electron chi connectivity index (χ2n) is 6.42. The van der Waals surface area contributed by atoms with Crippen LogP contribution in [0.25, 0.3) is 0 Å². The SMILES string of the molecule is COc1ccc(N2CC(C(=O)Nc3cc(C)ccc3OC)CC2=O)cc1Cl. The Labute approximate surface area is 163 Å². The van der Waals surface area contributed by atoms with Crippen LogP contribution in [0, 0.1) is 12.8 Å². The quantitative estimate of drug-likeness (QED) is 0.848. The first-order valence-corrected chi connectivity index (χ1v) is 8.90. The Kier molecular flexibility index (Phi) is 5.56. The zero-order valence-electron chi connectivity index (χ0n) is 15.4. The summed E-state index contributed by atoms with van der Waals surface area (Å²) in [6.45, 7) is 2.23. The number of carbonyl (C=O) groups is 2. The molecule has 27 heavy (non-hydrogen) atoms. The fourth-order valence-corrected chi connectivity index (χ4v) is 3.36. The Morgan fingerprint density at radius 3 is 2.52 bits per heavy atom. The van der Waals surface area contributed by atoms with Crippen LogP contribution >= 0.6 is 11.6 Å². The highest BCUT2D eigenvalue weighted by molar-refractivity contribution is 6.32. The van der Waals surface area contributed by atoms with Crippen LogP contribution in [0.5, 0.6) is 11.5 Å². The largest absolute Gasteiger partial charge is 0.495 e. The number of benzene rings is 2. The Morgan fingerprint density at radius 1 is 1.15 bits per heavy atom. The van der Waals surface area contributed by atoms with E-state index in [1.165, 1.54) is 7.11 Å². The molecule has 2 aromatic rings. The van der Waals surface area contributed by atoms with E-state index in [2.05, 4.69) is 5.32 Å². The predicted octanol–water partition coefficient (Wildman–Crippen LogP) is 3.66. The number of methoxy groups -OCH3 is 2. The standard InChI is InChI=1S/C20H21ClN2O4/c1-12-4-6-18(27-3)16(8-12)22-20(25)13-9-19(24)23(11-13)14-5-7-17(26-2)15(21)10-14/h4-8,10,13H,9,11H2,1-3H3,(H,22,25). The van der Waals surface area contributed by atoms with Crippen LogP contribution in [0.2, 0.25) is 5.02 Å². The van der Waals surface area contributed by atoms with Crippen LogP contribution in [-0.2, 0) is 9.59 Å². The maximum atomic E-state index is 12.7. The van der Waals surface area contributed by atoms with Gasteiger partial charge < -0.3 is 19.7 Å². The van der Waals surface area contributed by atoms with Crippen LogP contribution in [-0.4, -0.2) is 32.6 Å². The molecule has 0 bridgehead atoms. The Bertz CT molecular complexity index is 884. The summed E-state index contributed by atoms with van der Waals surface area (Å²) in [5, 5.41) is 3.29. The molecule has 1 heterocycles. The number of amides is 2. The lowest BCUT2D eigenvalue weighted by atomic mass is 10.1. The molecule has 2 aromatic carbocycles. The molecule has 1 saturated heterocycles. The van der Waals surface area contributed by atoms with Gasteiger partial charge in [0, 0.05) is 18.7 Å². The molecule has 1 aliphatic rings. The maximum absolute atomic E-state index is 12.7. The zero-order chi connectivity index (χ0) is 19.6. The van der Waals surface area contributed by atoms with E-state index in [0.717, 1.165) is 5.56 Å². The van der Waals surface area contributed by atoms with Crippen LogP contribution in [0.4, 0.5) is 11.4 Å². The summed E-state index contributed by atoms with van der Waals surface area (Å²) in [6.07, 6.45) is 0.142. The summed E-state index contributed by atoms with van der Waals surface area (Å²) in [5.41, 5.74) is 2.25. The fraction of sp³-hybridized carbons (Fsp3) is 0.300. The second-order valence-corrected chi connectivity index (χ2v) is 6.82. The van der Waals surface area contributed by atoms with Gasteiger partial charge in [-0.2, -0.15) is 0 Å². The van der Waals surface area contributed by atoms with Gasteiger partial charge in [-0.15, -0.1) is 0 Å². The summed E-state index contributed by atoms with van der Waals surface area (Å²) >= 11 is 6.15. The summed E-state index contributed by atoms with van der Waals surface area (Å²) in [7, 11) is 3.08. The van der Waals surface area contributed by atoms with Crippen molar-refractivity contribution < 1.29 is 19.1 Å². The third-order valence-corrected chi connectivity index (χ3v) is 4.85. The normalized spacial score (nSPS) is 16.4. The van der Waals surface area contributed by atoms with Gasteiger partial charge in [-0.05, 0) is 42.8 Å². The average molecular weight is 389 g/mol. The minimum atomic E-state index is -0.455. The first kappa shape index (κ1) is 19.0. The lowest BCUT2D eigenvalue weighted by Crippen LogP contribution is -2.28.